The first kappa shape index (κ1) is 8.78. The first-order valence-electron chi connectivity index (χ1n) is 3.90. The predicted octanol–water partition coefficient (Wildman–Crippen LogP) is 0.226. The van der Waals surface area contributed by atoms with Gasteiger partial charge in [-0.25, -0.2) is 0 Å². The van der Waals surface area contributed by atoms with Gasteiger partial charge in [0.2, 0.25) is 0 Å². The predicted molar refractivity (Wildman–Crippen MR) is 45.3 cm³/mol. The molecular formula is C7H14BNO2. The van der Waals surface area contributed by atoms with Crippen molar-refractivity contribution in [3.63, 3.8) is 0 Å². The highest BCUT2D eigenvalue weighted by Gasteiger charge is 2.19. The zero-order valence-corrected chi connectivity index (χ0v) is 6.93. The molecule has 0 aromatic heterocycles. The summed E-state index contributed by atoms with van der Waals surface area (Å²) in [7, 11) is -0.197. The fourth-order valence-corrected chi connectivity index (χ4v) is 0.934. The quantitative estimate of drug-likeness (QED) is 0.549. The van der Waals surface area contributed by atoms with Crippen LogP contribution in [0.15, 0.2) is 12.1 Å². The highest BCUT2D eigenvalue weighted by atomic mass is 16.6. The Hall–Kier alpha value is -0.315. The van der Waals surface area contributed by atoms with E-state index < -0.39 is 0 Å². The maximum atomic E-state index is 5.36. The zero-order valence-electron chi connectivity index (χ0n) is 6.93. The van der Waals surface area contributed by atoms with Crippen LogP contribution in [0, 0.1) is 0 Å². The maximum absolute atomic E-state index is 5.36. The molecule has 1 N–H and O–H groups in total. The minimum atomic E-state index is -0.197. The van der Waals surface area contributed by atoms with Gasteiger partial charge in [-0.1, -0.05) is 5.47 Å². The van der Waals surface area contributed by atoms with E-state index in [1.54, 1.807) is 0 Å². The van der Waals surface area contributed by atoms with E-state index in [1.165, 1.54) is 0 Å². The van der Waals surface area contributed by atoms with Gasteiger partial charge in [-0.15, -0.1) is 6.58 Å². The largest absolute Gasteiger partial charge is 0.488 e. The number of allylic oxidation sites excluding steroid dienone is 1. The molecule has 1 saturated heterocycles. The van der Waals surface area contributed by atoms with Crippen LogP contribution in [0.3, 0.4) is 0 Å². The summed E-state index contributed by atoms with van der Waals surface area (Å²) in [5, 5.41) is 3.17. The fraction of sp³-hybridized carbons (Fsp3) is 0.714. The third kappa shape index (κ3) is 3.05. The van der Waals surface area contributed by atoms with E-state index in [4.69, 9.17) is 9.31 Å². The van der Waals surface area contributed by atoms with Crippen molar-refractivity contribution < 1.29 is 9.31 Å². The Morgan fingerprint density at radius 3 is 2.36 bits per heavy atom. The Labute approximate surface area is 67.9 Å². The van der Waals surface area contributed by atoms with Crippen molar-refractivity contribution >= 4 is 7.12 Å². The lowest BCUT2D eigenvalue weighted by Gasteiger charge is -2.18. The van der Waals surface area contributed by atoms with Crippen molar-refractivity contribution in [1.29, 1.82) is 0 Å². The first-order valence-corrected chi connectivity index (χ1v) is 3.90. The molecule has 11 heavy (non-hydrogen) atoms. The molecule has 0 bridgehead atoms. The summed E-state index contributed by atoms with van der Waals surface area (Å²) in [5.74, 6) is 0. The topological polar surface area (TPSA) is 30.5 Å². The third-order valence-electron chi connectivity index (χ3n) is 1.50. The number of hydrogen-bond acceptors (Lipinski definition) is 3. The van der Waals surface area contributed by atoms with Crippen molar-refractivity contribution in [1.82, 2.24) is 5.32 Å². The molecule has 0 atom stereocenters. The molecule has 1 aliphatic heterocycles. The van der Waals surface area contributed by atoms with E-state index in [2.05, 4.69) is 11.9 Å². The molecule has 0 aromatic carbocycles. The van der Waals surface area contributed by atoms with Gasteiger partial charge in [0.1, 0.15) is 0 Å². The van der Waals surface area contributed by atoms with Crippen LogP contribution < -0.4 is 5.32 Å². The van der Waals surface area contributed by atoms with Crippen molar-refractivity contribution in [3.05, 3.63) is 12.1 Å². The Morgan fingerprint density at radius 2 is 1.91 bits per heavy atom. The molecule has 0 saturated carbocycles. The van der Waals surface area contributed by atoms with Gasteiger partial charge in [-0.3, -0.25) is 0 Å². The summed E-state index contributed by atoms with van der Waals surface area (Å²) in [6.07, 6.45) is 0. The van der Waals surface area contributed by atoms with Crippen LogP contribution >= 0.6 is 0 Å². The smallest absolute Gasteiger partial charge is 0.406 e. The summed E-state index contributed by atoms with van der Waals surface area (Å²) < 4.78 is 10.7. The van der Waals surface area contributed by atoms with Crippen molar-refractivity contribution in [2.75, 3.05) is 26.3 Å². The third-order valence-corrected chi connectivity index (χ3v) is 1.50. The summed E-state index contributed by atoms with van der Waals surface area (Å²) in [6.45, 7) is 8.87. The van der Waals surface area contributed by atoms with E-state index >= 15 is 0 Å². The van der Waals surface area contributed by atoms with Gasteiger partial charge in [-0.05, 0) is 6.92 Å². The second-order valence-corrected chi connectivity index (χ2v) is 2.67. The minimum Gasteiger partial charge on any atom is -0.406 e. The second-order valence-electron chi connectivity index (χ2n) is 2.67. The van der Waals surface area contributed by atoms with Gasteiger partial charge in [0, 0.05) is 26.3 Å². The molecule has 1 fully saturated rings. The van der Waals surface area contributed by atoms with Gasteiger partial charge in [0.05, 0.1) is 0 Å². The van der Waals surface area contributed by atoms with Crippen LogP contribution in [0.1, 0.15) is 6.92 Å². The molecule has 0 aromatic rings. The lowest BCUT2D eigenvalue weighted by atomic mass is 9.80. The van der Waals surface area contributed by atoms with E-state index in [-0.39, 0.29) is 7.12 Å². The fourth-order valence-electron chi connectivity index (χ4n) is 0.934. The van der Waals surface area contributed by atoms with Crippen LogP contribution in [0.25, 0.3) is 0 Å². The number of rotatable bonds is 1. The molecule has 0 radical (unpaired) electrons. The highest BCUT2D eigenvalue weighted by molar-refractivity contribution is 6.53. The van der Waals surface area contributed by atoms with E-state index in [1.807, 2.05) is 6.92 Å². The summed E-state index contributed by atoms with van der Waals surface area (Å²) in [4.78, 5) is 0. The molecule has 1 aliphatic rings. The molecule has 4 heteroatoms. The summed E-state index contributed by atoms with van der Waals surface area (Å²) in [5.41, 5.74) is 0.937. The molecule has 3 nitrogen and oxygen atoms in total. The Balaban J connectivity index is 2.32. The van der Waals surface area contributed by atoms with Crippen molar-refractivity contribution in [2.24, 2.45) is 0 Å². The van der Waals surface area contributed by atoms with E-state index in [0.717, 1.165) is 18.6 Å². The molecule has 0 aliphatic carbocycles. The van der Waals surface area contributed by atoms with Gasteiger partial charge >= 0.3 is 7.12 Å². The normalized spacial score (nSPS) is 20.6. The second kappa shape index (κ2) is 4.54. The zero-order chi connectivity index (χ0) is 8.10. The highest BCUT2D eigenvalue weighted by Crippen LogP contribution is 2.01. The first-order chi connectivity index (χ1) is 5.30. The van der Waals surface area contributed by atoms with E-state index in [9.17, 15) is 0 Å². The maximum Gasteiger partial charge on any atom is 0.488 e. The van der Waals surface area contributed by atoms with Gasteiger partial charge in [0.25, 0.3) is 0 Å². The molecule has 0 amide bonds. The lowest BCUT2D eigenvalue weighted by Crippen LogP contribution is -2.36. The molecule has 62 valence electrons. The van der Waals surface area contributed by atoms with Crippen molar-refractivity contribution in [3.8, 4) is 0 Å². The van der Waals surface area contributed by atoms with Crippen LogP contribution in [0.2, 0.25) is 0 Å². The van der Waals surface area contributed by atoms with Gasteiger partial charge < -0.3 is 14.6 Å². The van der Waals surface area contributed by atoms with E-state index in [0.29, 0.717) is 13.2 Å². The molecule has 0 unspecified atom stereocenters. The SMILES string of the molecule is C=C(C)B1OCCNCCO1. The number of hydrogen-bond donors (Lipinski definition) is 1. The average molecular weight is 155 g/mol. The molecule has 1 heterocycles. The molecule has 0 spiro atoms. The van der Waals surface area contributed by atoms with Gasteiger partial charge in [0.15, 0.2) is 0 Å². The van der Waals surface area contributed by atoms with Crippen LogP contribution in [0.4, 0.5) is 0 Å². The Kier molecular flexibility index (Phi) is 3.62. The summed E-state index contributed by atoms with van der Waals surface area (Å²) in [6, 6.07) is 0. The van der Waals surface area contributed by atoms with Crippen molar-refractivity contribution in [2.45, 2.75) is 6.92 Å². The van der Waals surface area contributed by atoms with Gasteiger partial charge in [-0.2, -0.15) is 0 Å². The minimum absolute atomic E-state index is 0.197. The summed E-state index contributed by atoms with van der Waals surface area (Å²) >= 11 is 0. The number of nitrogens with one attached hydrogen (secondary N) is 1. The average Bonchev–Trinajstić information content (AvgIpc) is 1.84. The Bertz CT molecular complexity index is 132. The van der Waals surface area contributed by atoms with Crippen LogP contribution in [0.5, 0.6) is 0 Å². The Morgan fingerprint density at radius 1 is 1.36 bits per heavy atom. The lowest BCUT2D eigenvalue weighted by molar-refractivity contribution is 0.184. The molecule has 1 rings (SSSR count). The standard InChI is InChI=1S/C7H14BNO2/c1-7(2)8-10-5-3-9-4-6-11-8/h9H,1,3-6H2,2H3. The van der Waals surface area contributed by atoms with Crippen LogP contribution in [-0.2, 0) is 9.31 Å². The van der Waals surface area contributed by atoms with Crippen LogP contribution in [-0.4, -0.2) is 33.4 Å². The molecular weight excluding hydrogens is 141 g/mol. The monoisotopic (exact) mass is 155 g/mol.